The van der Waals surface area contributed by atoms with Gasteiger partial charge in [0.1, 0.15) is 0 Å². The number of unbranched alkanes of at least 4 members (excludes halogenated alkanes) is 4. The third-order valence-corrected chi connectivity index (χ3v) is 2.67. The Morgan fingerprint density at radius 1 is 1.06 bits per heavy atom. The van der Waals surface area contributed by atoms with E-state index in [1.165, 1.54) is 19.3 Å². The number of esters is 1. The summed E-state index contributed by atoms with van der Waals surface area (Å²) in [5, 5.41) is 0. The van der Waals surface area contributed by atoms with Crippen LogP contribution in [0.15, 0.2) is 0 Å². The van der Waals surface area contributed by atoms with Crippen molar-refractivity contribution in [2.24, 2.45) is 5.92 Å². The highest BCUT2D eigenvalue weighted by atomic mass is 16.5. The maximum atomic E-state index is 11.3. The summed E-state index contributed by atoms with van der Waals surface area (Å²) < 4.78 is 5.13. The monoisotopic (exact) mass is 228 g/mol. The van der Waals surface area contributed by atoms with Crippen molar-refractivity contribution in [3.8, 4) is 0 Å². The molecular weight excluding hydrogens is 200 g/mol. The summed E-state index contributed by atoms with van der Waals surface area (Å²) in [7, 11) is 0. The van der Waals surface area contributed by atoms with E-state index in [1.54, 1.807) is 0 Å². The highest BCUT2D eigenvalue weighted by Crippen LogP contribution is 2.09. The molecule has 0 bridgehead atoms. The molecule has 0 rings (SSSR count). The molecule has 0 N–H and O–H groups in total. The van der Waals surface area contributed by atoms with Crippen molar-refractivity contribution in [1.29, 1.82) is 0 Å². The van der Waals surface area contributed by atoms with Crippen LogP contribution in [0.25, 0.3) is 0 Å². The summed E-state index contributed by atoms with van der Waals surface area (Å²) in [5.74, 6) is 0.765. The molecule has 0 atom stereocenters. The molecule has 0 aromatic heterocycles. The molecule has 0 spiro atoms. The smallest absolute Gasteiger partial charge is 0.305 e. The Hall–Kier alpha value is -0.530. The van der Waals surface area contributed by atoms with E-state index in [-0.39, 0.29) is 5.97 Å². The summed E-state index contributed by atoms with van der Waals surface area (Å²) in [6.07, 6.45) is 8.59. The molecule has 16 heavy (non-hydrogen) atoms. The van der Waals surface area contributed by atoms with Crippen LogP contribution >= 0.6 is 0 Å². The molecule has 0 aliphatic carbocycles. The molecule has 0 amide bonds. The second-order valence-corrected chi connectivity index (χ2v) is 4.92. The van der Waals surface area contributed by atoms with Gasteiger partial charge in [0.25, 0.3) is 0 Å². The second-order valence-electron chi connectivity index (χ2n) is 4.92. The van der Waals surface area contributed by atoms with Crippen molar-refractivity contribution in [3.05, 3.63) is 0 Å². The molecule has 0 aromatic rings. The standard InChI is InChI=1S/C14H28O2/c1-4-5-9-12-16-14(15)11-8-6-7-10-13(2)3/h13H,4-12H2,1-3H3. The fraction of sp³-hybridized carbons (Fsp3) is 0.929. The van der Waals surface area contributed by atoms with Gasteiger partial charge in [0, 0.05) is 6.42 Å². The van der Waals surface area contributed by atoms with Crippen LogP contribution in [0, 0.1) is 5.92 Å². The number of hydrogen-bond donors (Lipinski definition) is 0. The van der Waals surface area contributed by atoms with Gasteiger partial charge < -0.3 is 4.74 Å². The van der Waals surface area contributed by atoms with Crippen LogP contribution in [0.5, 0.6) is 0 Å². The maximum Gasteiger partial charge on any atom is 0.305 e. The quantitative estimate of drug-likeness (QED) is 0.411. The van der Waals surface area contributed by atoms with Gasteiger partial charge in [-0.05, 0) is 18.8 Å². The molecule has 2 heteroatoms. The molecular formula is C14H28O2. The molecule has 0 aromatic carbocycles. The van der Waals surface area contributed by atoms with Crippen molar-refractivity contribution in [1.82, 2.24) is 0 Å². The number of hydrogen-bond acceptors (Lipinski definition) is 2. The average Bonchev–Trinajstić information content (AvgIpc) is 2.23. The average molecular weight is 228 g/mol. The lowest BCUT2D eigenvalue weighted by molar-refractivity contribution is -0.143. The van der Waals surface area contributed by atoms with Crippen molar-refractivity contribution in [2.45, 2.75) is 72.1 Å². The van der Waals surface area contributed by atoms with Crippen LogP contribution in [0.3, 0.4) is 0 Å². The third-order valence-electron chi connectivity index (χ3n) is 2.67. The van der Waals surface area contributed by atoms with E-state index in [1.807, 2.05) is 0 Å². The lowest BCUT2D eigenvalue weighted by atomic mass is 10.0. The van der Waals surface area contributed by atoms with E-state index in [0.29, 0.717) is 13.0 Å². The lowest BCUT2D eigenvalue weighted by Crippen LogP contribution is -2.05. The second kappa shape index (κ2) is 11.0. The van der Waals surface area contributed by atoms with Crippen molar-refractivity contribution in [2.75, 3.05) is 6.61 Å². The van der Waals surface area contributed by atoms with Gasteiger partial charge in [0.2, 0.25) is 0 Å². The summed E-state index contributed by atoms with van der Waals surface area (Å²) in [6, 6.07) is 0. The van der Waals surface area contributed by atoms with Gasteiger partial charge in [-0.25, -0.2) is 0 Å². The van der Waals surface area contributed by atoms with Gasteiger partial charge in [0.05, 0.1) is 6.61 Å². The molecule has 0 aliphatic heterocycles. The third kappa shape index (κ3) is 11.5. The van der Waals surface area contributed by atoms with Crippen molar-refractivity contribution >= 4 is 5.97 Å². The first-order valence-electron chi connectivity index (χ1n) is 6.82. The van der Waals surface area contributed by atoms with E-state index < -0.39 is 0 Å². The Balaban J connectivity index is 3.17. The zero-order chi connectivity index (χ0) is 12.2. The zero-order valence-corrected chi connectivity index (χ0v) is 11.3. The predicted molar refractivity (Wildman–Crippen MR) is 68.4 cm³/mol. The largest absolute Gasteiger partial charge is 0.466 e. The number of carbonyl (C=O) groups is 1. The number of rotatable bonds is 10. The van der Waals surface area contributed by atoms with Crippen LogP contribution in [-0.2, 0) is 9.53 Å². The molecule has 0 fully saturated rings. The first-order valence-corrected chi connectivity index (χ1v) is 6.82. The van der Waals surface area contributed by atoms with Gasteiger partial charge in [-0.2, -0.15) is 0 Å². The summed E-state index contributed by atoms with van der Waals surface area (Å²) >= 11 is 0. The molecule has 0 radical (unpaired) electrons. The Bertz CT molecular complexity index is 164. The minimum absolute atomic E-state index is 0.0133. The van der Waals surface area contributed by atoms with E-state index in [0.717, 1.165) is 31.6 Å². The van der Waals surface area contributed by atoms with Gasteiger partial charge in [-0.3, -0.25) is 4.79 Å². The minimum atomic E-state index is -0.0133. The number of ether oxygens (including phenoxy) is 1. The van der Waals surface area contributed by atoms with Crippen LogP contribution in [0.2, 0.25) is 0 Å². The highest BCUT2D eigenvalue weighted by Gasteiger charge is 2.02. The SMILES string of the molecule is CCCCCOC(=O)CCCCCC(C)C. The molecule has 0 saturated heterocycles. The van der Waals surface area contributed by atoms with E-state index in [4.69, 9.17) is 4.74 Å². The van der Waals surface area contributed by atoms with Crippen molar-refractivity contribution in [3.63, 3.8) is 0 Å². The minimum Gasteiger partial charge on any atom is -0.466 e. The van der Waals surface area contributed by atoms with Crippen LogP contribution < -0.4 is 0 Å². The van der Waals surface area contributed by atoms with Gasteiger partial charge in [0.15, 0.2) is 0 Å². The molecule has 0 unspecified atom stereocenters. The Labute approximate surface area is 101 Å². The molecule has 96 valence electrons. The Kier molecular flexibility index (Phi) is 10.6. The highest BCUT2D eigenvalue weighted by molar-refractivity contribution is 5.69. The van der Waals surface area contributed by atoms with Crippen LogP contribution in [0.1, 0.15) is 72.1 Å². The summed E-state index contributed by atoms with van der Waals surface area (Å²) in [5.41, 5.74) is 0. The van der Waals surface area contributed by atoms with Gasteiger partial charge in [-0.15, -0.1) is 0 Å². The first-order chi connectivity index (χ1) is 7.66. The summed E-state index contributed by atoms with van der Waals surface area (Å²) in [6.45, 7) is 7.24. The zero-order valence-electron chi connectivity index (χ0n) is 11.3. The predicted octanol–water partition coefficient (Wildman–Crippen LogP) is 4.33. The van der Waals surface area contributed by atoms with E-state index in [9.17, 15) is 4.79 Å². The fourth-order valence-corrected chi connectivity index (χ4v) is 1.61. The van der Waals surface area contributed by atoms with Crippen LogP contribution in [0.4, 0.5) is 0 Å². The molecule has 2 nitrogen and oxygen atoms in total. The Morgan fingerprint density at radius 3 is 2.44 bits per heavy atom. The van der Waals surface area contributed by atoms with Crippen molar-refractivity contribution < 1.29 is 9.53 Å². The molecule has 0 saturated carbocycles. The molecule has 0 heterocycles. The first kappa shape index (κ1) is 15.5. The maximum absolute atomic E-state index is 11.3. The lowest BCUT2D eigenvalue weighted by Gasteiger charge is -2.05. The topological polar surface area (TPSA) is 26.3 Å². The van der Waals surface area contributed by atoms with Gasteiger partial charge >= 0.3 is 5.97 Å². The normalized spacial score (nSPS) is 10.8. The fourth-order valence-electron chi connectivity index (χ4n) is 1.61. The molecule has 0 aliphatic rings. The van der Waals surface area contributed by atoms with E-state index >= 15 is 0 Å². The number of carbonyl (C=O) groups excluding carboxylic acids is 1. The Morgan fingerprint density at radius 2 is 1.81 bits per heavy atom. The van der Waals surface area contributed by atoms with E-state index in [2.05, 4.69) is 20.8 Å². The summed E-state index contributed by atoms with van der Waals surface area (Å²) in [4.78, 5) is 11.3. The van der Waals surface area contributed by atoms with Gasteiger partial charge in [-0.1, -0.05) is 52.9 Å². The van der Waals surface area contributed by atoms with Crippen LogP contribution in [-0.4, -0.2) is 12.6 Å².